The maximum atomic E-state index is 11.3. The van der Waals surface area contributed by atoms with E-state index in [1.54, 1.807) is 6.92 Å². The van der Waals surface area contributed by atoms with Crippen molar-refractivity contribution in [2.45, 2.75) is 20.4 Å². The highest BCUT2D eigenvalue weighted by atomic mass is 32.1. The molecule has 0 aliphatic heterocycles. The van der Waals surface area contributed by atoms with Crippen LogP contribution < -0.4 is 5.73 Å². The molecular weight excluding hydrogens is 186 g/mol. The number of rotatable bonds is 3. The van der Waals surface area contributed by atoms with Gasteiger partial charge in [0.25, 0.3) is 0 Å². The van der Waals surface area contributed by atoms with Crippen LogP contribution in [0.15, 0.2) is 6.07 Å². The Kier molecular flexibility index (Phi) is 3.45. The minimum Gasteiger partial charge on any atom is -0.462 e. The van der Waals surface area contributed by atoms with Crippen LogP contribution in [0.5, 0.6) is 0 Å². The van der Waals surface area contributed by atoms with Gasteiger partial charge in [0.1, 0.15) is 4.88 Å². The first kappa shape index (κ1) is 10.2. The third-order valence-corrected chi connectivity index (χ3v) is 2.92. The van der Waals surface area contributed by atoms with Gasteiger partial charge in [-0.15, -0.1) is 11.3 Å². The maximum Gasteiger partial charge on any atom is 0.348 e. The summed E-state index contributed by atoms with van der Waals surface area (Å²) in [5, 5.41) is 0. The second kappa shape index (κ2) is 4.39. The van der Waals surface area contributed by atoms with Crippen molar-refractivity contribution in [3.63, 3.8) is 0 Å². The smallest absolute Gasteiger partial charge is 0.348 e. The van der Waals surface area contributed by atoms with Gasteiger partial charge in [0, 0.05) is 11.4 Å². The Balaban J connectivity index is 2.84. The lowest BCUT2D eigenvalue weighted by molar-refractivity contribution is 0.0532. The molecule has 0 saturated heterocycles. The highest BCUT2D eigenvalue weighted by Gasteiger charge is 2.11. The second-order valence-electron chi connectivity index (χ2n) is 2.64. The normalized spacial score (nSPS) is 10.1. The van der Waals surface area contributed by atoms with Crippen molar-refractivity contribution in [2.75, 3.05) is 6.61 Å². The van der Waals surface area contributed by atoms with Crippen LogP contribution in [0.1, 0.15) is 27.0 Å². The van der Waals surface area contributed by atoms with Gasteiger partial charge < -0.3 is 10.5 Å². The van der Waals surface area contributed by atoms with Gasteiger partial charge in [-0.1, -0.05) is 0 Å². The lowest BCUT2D eigenvalue weighted by atomic mass is 10.3. The fraction of sp³-hybridized carbons (Fsp3) is 0.444. The summed E-state index contributed by atoms with van der Waals surface area (Å²) >= 11 is 1.41. The van der Waals surface area contributed by atoms with E-state index < -0.39 is 0 Å². The topological polar surface area (TPSA) is 52.3 Å². The Morgan fingerprint density at radius 1 is 1.69 bits per heavy atom. The third-order valence-electron chi connectivity index (χ3n) is 1.68. The average Bonchev–Trinajstić information content (AvgIpc) is 2.47. The van der Waals surface area contributed by atoms with Crippen molar-refractivity contribution in [1.82, 2.24) is 0 Å². The van der Waals surface area contributed by atoms with Crippen LogP contribution in [0.2, 0.25) is 0 Å². The van der Waals surface area contributed by atoms with E-state index in [0.29, 0.717) is 18.0 Å². The van der Waals surface area contributed by atoms with Gasteiger partial charge in [0.15, 0.2) is 0 Å². The number of hydrogen-bond donors (Lipinski definition) is 1. The summed E-state index contributed by atoms with van der Waals surface area (Å²) < 4.78 is 4.87. The lowest BCUT2D eigenvalue weighted by Crippen LogP contribution is -2.01. The van der Waals surface area contributed by atoms with E-state index in [4.69, 9.17) is 10.5 Å². The lowest BCUT2D eigenvalue weighted by Gasteiger charge is -1.96. The average molecular weight is 199 g/mol. The molecule has 0 amide bonds. The van der Waals surface area contributed by atoms with Gasteiger partial charge in [-0.2, -0.15) is 0 Å². The number of carbonyl (C=O) groups excluding carboxylic acids is 1. The minimum atomic E-state index is -0.254. The summed E-state index contributed by atoms with van der Waals surface area (Å²) in [6.45, 7) is 4.63. The molecule has 1 aromatic heterocycles. The van der Waals surface area contributed by atoms with Crippen LogP contribution in [0, 0.1) is 6.92 Å². The van der Waals surface area contributed by atoms with Gasteiger partial charge in [0.2, 0.25) is 0 Å². The maximum absolute atomic E-state index is 11.3. The predicted octanol–water partition coefficient (Wildman–Crippen LogP) is 1.69. The SMILES string of the molecule is CCOC(=O)c1cc(C)c(CN)s1. The monoisotopic (exact) mass is 199 g/mol. The van der Waals surface area contributed by atoms with E-state index in [-0.39, 0.29) is 5.97 Å². The number of nitrogens with two attached hydrogens (primary N) is 1. The van der Waals surface area contributed by atoms with Gasteiger partial charge in [-0.25, -0.2) is 4.79 Å². The summed E-state index contributed by atoms with van der Waals surface area (Å²) in [4.78, 5) is 13.0. The number of hydrogen-bond acceptors (Lipinski definition) is 4. The highest BCUT2D eigenvalue weighted by molar-refractivity contribution is 7.14. The predicted molar refractivity (Wildman–Crippen MR) is 52.9 cm³/mol. The summed E-state index contributed by atoms with van der Waals surface area (Å²) in [5.41, 5.74) is 6.56. The first-order valence-electron chi connectivity index (χ1n) is 4.15. The molecule has 1 rings (SSSR count). The molecule has 4 heteroatoms. The molecule has 0 spiro atoms. The number of aryl methyl sites for hydroxylation is 1. The standard InChI is InChI=1S/C9H13NO2S/c1-3-12-9(11)7-4-6(2)8(5-10)13-7/h4H,3,5,10H2,1-2H3. The zero-order valence-electron chi connectivity index (χ0n) is 7.79. The molecule has 0 bridgehead atoms. The van der Waals surface area contributed by atoms with Crippen molar-refractivity contribution in [2.24, 2.45) is 5.73 Å². The molecule has 0 aliphatic rings. The Bertz CT molecular complexity index is 307. The van der Waals surface area contributed by atoms with Crippen LogP contribution in [0.3, 0.4) is 0 Å². The minimum absolute atomic E-state index is 0.254. The zero-order valence-corrected chi connectivity index (χ0v) is 8.61. The largest absolute Gasteiger partial charge is 0.462 e. The van der Waals surface area contributed by atoms with Crippen molar-refractivity contribution in [1.29, 1.82) is 0 Å². The Morgan fingerprint density at radius 2 is 2.38 bits per heavy atom. The molecule has 1 aromatic rings. The molecule has 2 N–H and O–H groups in total. The Labute approximate surface area is 81.5 Å². The number of ether oxygens (including phenoxy) is 1. The van der Waals surface area contributed by atoms with Gasteiger partial charge in [-0.05, 0) is 25.5 Å². The van der Waals surface area contributed by atoms with Crippen molar-refractivity contribution >= 4 is 17.3 Å². The van der Waals surface area contributed by atoms with Crippen molar-refractivity contribution < 1.29 is 9.53 Å². The molecule has 0 atom stereocenters. The first-order chi connectivity index (χ1) is 6.19. The van der Waals surface area contributed by atoms with Crippen LogP contribution in [-0.2, 0) is 11.3 Å². The van der Waals surface area contributed by atoms with E-state index in [2.05, 4.69) is 0 Å². The van der Waals surface area contributed by atoms with Crippen molar-refractivity contribution in [3.05, 3.63) is 21.4 Å². The first-order valence-corrected chi connectivity index (χ1v) is 4.97. The molecule has 0 aliphatic carbocycles. The molecule has 0 radical (unpaired) electrons. The van der Waals surface area contributed by atoms with Gasteiger partial charge in [-0.3, -0.25) is 0 Å². The van der Waals surface area contributed by atoms with E-state index in [9.17, 15) is 4.79 Å². The second-order valence-corrected chi connectivity index (χ2v) is 3.78. The number of esters is 1. The molecule has 13 heavy (non-hydrogen) atoms. The quantitative estimate of drug-likeness (QED) is 0.754. The van der Waals surface area contributed by atoms with E-state index >= 15 is 0 Å². The molecule has 1 heterocycles. The van der Waals surface area contributed by atoms with Crippen LogP contribution in [0.25, 0.3) is 0 Å². The summed E-state index contributed by atoms with van der Waals surface area (Å²) in [6, 6.07) is 1.82. The van der Waals surface area contributed by atoms with Crippen LogP contribution >= 0.6 is 11.3 Å². The van der Waals surface area contributed by atoms with Crippen LogP contribution in [-0.4, -0.2) is 12.6 Å². The molecule has 0 unspecified atom stereocenters. The van der Waals surface area contributed by atoms with Crippen molar-refractivity contribution in [3.8, 4) is 0 Å². The fourth-order valence-electron chi connectivity index (χ4n) is 1.03. The Hall–Kier alpha value is -0.870. The molecule has 3 nitrogen and oxygen atoms in total. The molecule has 72 valence electrons. The fourth-order valence-corrected chi connectivity index (χ4v) is 1.97. The third kappa shape index (κ3) is 2.29. The molecular formula is C9H13NO2S. The summed E-state index contributed by atoms with van der Waals surface area (Å²) in [6.07, 6.45) is 0. The van der Waals surface area contributed by atoms with E-state index in [1.165, 1.54) is 11.3 Å². The van der Waals surface area contributed by atoms with E-state index in [1.807, 2.05) is 13.0 Å². The van der Waals surface area contributed by atoms with Gasteiger partial charge in [0.05, 0.1) is 6.61 Å². The van der Waals surface area contributed by atoms with Gasteiger partial charge >= 0.3 is 5.97 Å². The molecule has 0 saturated carbocycles. The summed E-state index contributed by atoms with van der Waals surface area (Å²) in [5.74, 6) is -0.254. The molecule has 0 aromatic carbocycles. The number of thiophene rings is 1. The Morgan fingerprint density at radius 3 is 2.85 bits per heavy atom. The summed E-state index contributed by atoms with van der Waals surface area (Å²) in [7, 11) is 0. The van der Waals surface area contributed by atoms with E-state index in [0.717, 1.165) is 10.4 Å². The highest BCUT2D eigenvalue weighted by Crippen LogP contribution is 2.21. The molecule has 0 fully saturated rings. The zero-order chi connectivity index (χ0) is 9.84. The number of carbonyl (C=O) groups is 1. The van der Waals surface area contributed by atoms with Crippen LogP contribution in [0.4, 0.5) is 0 Å².